The molecule has 0 saturated carbocycles. The lowest BCUT2D eigenvalue weighted by Crippen LogP contribution is -2.17. The van der Waals surface area contributed by atoms with Crippen molar-refractivity contribution < 1.29 is 10.2 Å². The summed E-state index contributed by atoms with van der Waals surface area (Å²) in [4.78, 5) is 0. The van der Waals surface area contributed by atoms with E-state index in [-0.39, 0.29) is 6.54 Å². The quantitative estimate of drug-likeness (QED) is 0.543. The van der Waals surface area contributed by atoms with Gasteiger partial charge in [0.2, 0.25) is 0 Å². The van der Waals surface area contributed by atoms with E-state index in [1.807, 2.05) is 12.1 Å². The van der Waals surface area contributed by atoms with Gasteiger partial charge in [-0.15, -0.1) is 0 Å². The molecule has 0 saturated heterocycles. The number of anilines is 1. The highest BCUT2D eigenvalue weighted by Crippen LogP contribution is 2.03. The maximum absolute atomic E-state index is 8.50. The lowest BCUT2D eigenvalue weighted by Gasteiger charge is -2.06. The van der Waals surface area contributed by atoms with E-state index < -0.39 is 6.29 Å². The third-order valence-corrected chi connectivity index (χ3v) is 1.21. The van der Waals surface area contributed by atoms with Crippen molar-refractivity contribution in [2.24, 2.45) is 0 Å². The summed E-state index contributed by atoms with van der Waals surface area (Å²) in [6.45, 7) is 0.143. The summed E-state index contributed by atoms with van der Waals surface area (Å²) < 4.78 is 0. The number of nitrogens with one attached hydrogen (secondary N) is 1. The molecular weight excluding hydrogens is 142 g/mol. The summed E-state index contributed by atoms with van der Waals surface area (Å²) in [7, 11) is 0. The van der Waals surface area contributed by atoms with Gasteiger partial charge in [-0.3, -0.25) is 0 Å². The number of rotatable bonds is 3. The molecule has 3 nitrogen and oxygen atoms in total. The second-order valence-electron chi connectivity index (χ2n) is 2.15. The van der Waals surface area contributed by atoms with Gasteiger partial charge in [0, 0.05) is 5.69 Å². The Hall–Kier alpha value is -1.06. The Labute approximate surface area is 65.3 Å². The number of benzene rings is 1. The molecule has 0 heterocycles. The van der Waals surface area contributed by atoms with Crippen molar-refractivity contribution in [2.45, 2.75) is 6.29 Å². The first-order valence-corrected chi connectivity index (χ1v) is 3.35. The Morgan fingerprint density at radius 3 is 2.55 bits per heavy atom. The molecule has 0 amide bonds. The molecule has 0 bridgehead atoms. The molecule has 11 heavy (non-hydrogen) atoms. The Balaban J connectivity index is 2.39. The fourth-order valence-electron chi connectivity index (χ4n) is 0.714. The molecule has 59 valence electrons. The van der Waals surface area contributed by atoms with Gasteiger partial charge >= 0.3 is 0 Å². The average Bonchev–Trinajstić information content (AvgIpc) is 2.03. The third kappa shape index (κ3) is 3.02. The van der Waals surface area contributed by atoms with Gasteiger partial charge in [-0.25, -0.2) is 0 Å². The number of hydrogen-bond acceptors (Lipinski definition) is 3. The molecule has 0 spiro atoms. The maximum atomic E-state index is 8.50. The lowest BCUT2D eigenvalue weighted by molar-refractivity contribution is -0.0275. The van der Waals surface area contributed by atoms with Crippen LogP contribution >= 0.6 is 0 Å². The van der Waals surface area contributed by atoms with Crippen LogP contribution < -0.4 is 5.32 Å². The zero-order chi connectivity index (χ0) is 8.10. The van der Waals surface area contributed by atoms with Crippen molar-refractivity contribution in [3.63, 3.8) is 0 Å². The highest BCUT2D eigenvalue weighted by Gasteiger charge is 1.94. The molecule has 0 unspecified atom stereocenters. The van der Waals surface area contributed by atoms with E-state index in [2.05, 4.69) is 11.4 Å². The molecule has 1 aromatic carbocycles. The fraction of sp³-hybridized carbons (Fsp3) is 0.250. The molecule has 3 heteroatoms. The summed E-state index contributed by atoms with van der Waals surface area (Å²) in [6.07, 6.45) is -1.31. The van der Waals surface area contributed by atoms with Crippen LogP contribution in [0.4, 0.5) is 5.69 Å². The zero-order valence-electron chi connectivity index (χ0n) is 5.99. The highest BCUT2D eigenvalue weighted by atomic mass is 16.5. The largest absolute Gasteiger partial charge is 0.380 e. The van der Waals surface area contributed by atoms with Crippen LogP contribution in [-0.2, 0) is 0 Å². The van der Waals surface area contributed by atoms with Crippen LogP contribution in [0.1, 0.15) is 0 Å². The summed E-state index contributed by atoms with van der Waals surface area (Å²) >= 11 is 0. The van der Waals surface area contributed by atoms with Crippen molar-refractivity contribution >= 4 is 5.69 Å². The molecule has 0 aliphatic heterocycles. The monoisotopic (exact) mass is 152 g/mol. The first kappa shape index (κ1) is 8.04. The van der Waals surface area contributed by atoms with Crippen molar-refractivity contribution in [1.82, 2.24) is 0 Å². The van der Waals surface area contributed by atoms with Gasteiger partial charge in [0.1, 0.15) is 0 Å². The van der Waals surface area contributed by atoms with Crippen LogP contribution in [0.2, 0.25) is 0 Å². The Morgan fingerprint density at radius 2 is 2.00 bits per heavy atom. The summed E-state index contributed by atoms with van der Waals surface area (Å²) in [5.74, 6) is 0. The van der Waals surface area contributed by atoms with Gasteiger partial charge in [-0.1, -0.05) is 12.1 Å². The number of aliphatic hydroxyl groups is 2. The fourth-order valence-corrected chi connectivity index (χ4v) is 0.714. The number of hydrogen-bond donors (Lipinski definition) is 3. The van der Waals surface area contributed by atoms with Crippen molar-refractivity contribution in [3.8, 4) is 0 Å². The van der Waals surface area contributed by atoms with Crippen molar-refractivity contribution in [2.75, 3.05) is 11.9 Å². The van der Waals surface area contributed by atoms with E-state index in [9.17, 15) is 0 Å². The molecule has 0 aliphatic carbocycles. The van der Waals surface area contributed by atoms with Gasteiger partial charge in [0.05, 0.1) is 6.54 Å². The minimum atomic E-state index is -1.31. The lowest BCUT2D eigenvalue weighted by atomic mass is 10.3. The standard InChI is InChI=1S/C8H10NO2/c10-8(11)6-9-7-4-2-1-3-5-7/h2-5,8-11H,6H2. The van der Waals surface area contributed by atoms with Gasteiger partial charge in [0.25, 0.3) is 0 Å². The molecule has 0 fully saturated rings. The van der Waals surface area contributed by atoms with Crippen LogP contribution in [-0.4, -0.2) is 23.0 Å². The third-order valence-electron chi connectivity index (χ3n) is 1.21. The van der Waals surface area contributed by atoms with Crippen LogP contribution in [0.3, 0.4) is 0 Å². The van der Waals surface area contributed by atoms with E-state index in [0.29, 0.717) is 0 Å². The van der Waals surface area contributed by atoms with Gasteiger partial charge in [-0.2, -0.15) is 0 Å². The predicted molar refractivity (Wildman–Crippen MR) is 42.0 cm³/mol. The Kier molecular flexibility index (Phi) is 2.89. The minimum Gasteiger partial charge on any atom is -0.380 e. The molecular formula is C8H10NO2. The summed E-state index contributed by atoms with van der Waals surface area (Å²) in [5, 5.41) is 19.8. The molecule has 0 atom stereocenters. The van der Waals surface area contributed by atoms with E-state index in [0.717, 1.165) is 5.69 Å². The van der Waals surface area contributed by atoms with Gasteiger partial charge < -0.3 is 15.5 Å². The normalized spacial score (nSPS) is 10.1. The molecule has 0 aromatic heterocycles. The maximum Gasteiger partial charge on any atom is 0.169 e. The topological polar surface area (TPSA) is 52.5 Å². The molecule has 1 aromatic rings. The predicted octanol–water partition coefficient (Wildman–Crippen LogP) is 0.209. The van der Waals surface area contributed by atoms with Crippen LogP contribution in [0.5, 0.6) is 0 Å². The molecule has 1 radical (unpaired) electrons. The Morgan fingerprint density at radius 1 is 1.36 bits per heavy atom. The van der Waals surface area contributed by atoms with Crippen LogP contribution in [0.25, 0.3) is 0 Å². The highest BCUT2D eigenvalue weighted by molar-refractivity contribution is 5.41. The SMILES string of the molecule is OC(O)CNc1cc[c]cc1. The van der Waals surface area contributed by atoms with Gasteiger partial charge in [-0.05, 0) is 18.2 Å². The first-order chi connectivity index (χ1) is 5.29. The van der Waals surface area contributed by atoms with Crippen molar-refractivity contribution in [1.29, 1.82) is 0 Å². The molecule has 3 N–H and O–H groups in total. The van der Waals surface area contributed by atoms with Crippen molar-refractivity contribution in [3.05, 3.63) is 30.3 Å². The summed E-state index contributed by atoms with van der Waals surface area (Å²) in [5.41, 5.74) is 0.858. The second kappa shape index (κ2) is 3.95. The first-order valence-electron chi connectivity index (χ1n) is 3.35. The van der Waals surface area contributed by atoms with E-state index in [4.69, 9.17) is 10.2 Å². The smallest absolute Gasteiger partial charge is 0.169 e. The summed E-state index contributed by atoms with van der Waals surface area (Å²) in [6, 6.07) is 9.98. The van der Waals surface area contributed by atoms with E-state index in [1.165, 1.54) is 0 Å². The van der Waals surface area contributed by atoms with E-state index in [1.54, 1.807) is 12.1 Å². The molecule has 1 rings (SSSR count). The average molecular weight is 152 g/mol. The van der Waals surface area contributed by atoms with E-state index >= 15 is 0 Å². The van der Waals surface area contributed by atoms with Gasteiger partial charge in [0.15, 0.2) is 6.29 Å². The zero-order valence-corrected chi connectivity index (χ0v) is 5.99. The Bertz CT molecular complexity index is 199. The number of aliphatic hydroxyl groups excluding tert-OH is 1. The minimum absolute atomic E-state index is 0.143. The van der Waals surface area contributed by atoms with Crippen LogP contribution in [0, 0.1) is 6.07 Å². The second-order valence-corrected chi connectivity index (χ2v) is 2.15. The van der Waals surface area contributed by atoms with Crippen LogP contribution in [0.15, 0.2) is 24.3 Å². The molecule has 0 aliphatic rings.